The summed E-state index contributed by atoms with van der Waals surface area (Å²) in [6.45, 7) is 3.20. The third-order valence-electron chi connectivity index (χ3n) is 5.98. The van der Waals surface area contributed by atoms with Crippen LogP contribution in [0.1, 0.15) is 22.3 Å². The standard InChI is InChI=1S/C23H27N3O4S/c27-22(16-25-11-13-26(14-12-25)19-10-15-31(29,30)17-19)24-21-9-5-4-8-20(21)23(28)18-6-2-1-3-7-18/h1-9,19H,10-17H2,(H,24,27)/t19-/m0/s1. The van der Waals surface area contributed by atoms with E-state index in [1.54, 1.807) is 36.4 Å². The number of hydrogen-bond acceptors (Lipinski definition) is 6. The number of sulfone groups is 1. The van der Waals surface area contributed by atoms with Gasteiger partial charge < -0.3 is 5.32 Å². The van der Waals surface area contributed by atoms with E-state index < -0.39 is 9.84 Å². The van der Waals surface area contributed by atoms with Gasteiger partial charge in [-0.15, -0.1) is 0 Å². The van der Waals surface area contributed by atoms with E-state index in [1.807, 2.05) is 18.2 Å². The Morgan fingerprint density at radius 3 is 2.29 bits per heavy atom. The number of amides is 1. The molecule has 2 fully saturated rings. The average Bonchev–Trinajstić information content (AvgIpc) is 3.14. The molecular formula is C23H27N3O4S. The minimum atomic E-state index is -2.89. The summed E-state index contributed by atoms with van der Waals surface area (Å²) in [5, 5.41) is 2.89. The van der Waals surface area contributed by atoms with Crippen LogP contribution in [0.25, 0.3) is 0 Å². The van der Waals surface area contributed by atoms with Gasteiger partial charge in [0, 0.05) is 43.3 Å². The molecule has 164 valence electrons. The molecule has 0 unspecified atom stereocenters. The zero-order valence-electron chi connectivity index (χ0n) is 17.4. The van der Waals surface area contributed by atoms with Crippen LogP contribution in [0.2, 0.25) is 0 Å². The van der Waals surface area contributed by atoms with Crippen molar-refractivity contribution in [2.24, 2.45) is 0 Å². The molecule has 0 bridgehead atoms. The van der Waals surface area contributed by atoms with Gasteiger partial charge in [-0.25, -0.2) is 8.42 Å². The van der Waals surface area contributed by atoms with Gasteiger partial charge in [-0.05, 0) is 18.6 Å². The van der Waals surface area contributed by atoms with Crippen LogP contribution in [-0.2, 0) is 14.6 Å². The first-order valence-electron chi connectivity index (χ1n) is 10.6. The van der Waals surface area contributed by atoms with Crippen molar-refractivity contribution in [1.82, 2.24) is 9.80 Å². The quantitative estimate of drug-likeness (QED) is 0.686. The lowest BCUT2D eigenvalue weighted by Crippen LogP contribution is -2.52. The maximum atomic E-state index is 12.8. The smallest absolute Gasteiger partial charge is 0.238 e. The van der Waals surface area contributed by atoms with Gasteiger partial charge in [0.15, 0.2) is 15.6 Å². The van der Waals surface area contributed by atoms with Crippen LogP contribution in [-0.4, -0.2) is 80.2 Å². The van der Waals surface area contributed by atoms with Crippen molar-refractivity contribution in [2.75, 3.05) is 49.5 Å². The summed E-state index contributed by atoms with van der Waals surface area (Å²) in [6, 6.07) is 16.2. The number of rotatable bonds is 6. The van der Waals surface area contributed by atoms with Gasteiger partial charge in [0.2, 0.25) is 5.91 Å². The largest absolute Gasteiger partial charge is 0.324 e. The minimum Gasteiger partial charge on any atom is -0.324 e. The first kappa shape index (κ1) is 21.7. The number of carbonyl (C=O) groups excluding carboxylic acids is 2. The molecule has 7 nitrogen and oxygen atoms in total. The second-order valence-corrected chi connectivity index (χ2v) is 10.4. The van der Waals surface area contributed by atoms with Crippen molar-refractivity contribution in [2.45, 2.75) is 12.5 Å². The van der Waals surface area contributed by atoms with Crippen molar-refractivity contribution in [3.05, 3.63) is 65.7 Å². The summed E-state index contributed by atoms with van der Waals surface area (Å²) in [5.74, 6) is 0.239. The Morgan fingerprint density at radius 2 is 1.61 bits per heavy atom. The molecule has 1 amide bonds. The van der Waals surface area contributed by atoms with Crippen molar-refractivity contribution < 1.29 is 18.0 Å². The Labute approximate surface area is 183 Å². The molecule has 8 heteroatoms. The number of carbonyl (C=O) groups is 2. The zero-order chi connectivity index (χ0) is 21.8. The molecule has 31 heavy (non-hydrogen) atoms. The number of para-hydroxylation sites is 1. The molecule has 2 aliphatic heterocycles. The van der Waals surface area contributed by atoms with E-state index in [0.717, 1.165) is 13.1 Å². The van der Waals surface area contributed by atoms with Gasteiger partial charge in [-0.3, -0.25) is 19.4 Å². The molecule has 2 aromatic carbocycles. The fourth-order valence-corrected chi connectivity index (χ4v) is 6.04. The molecule has 4 rings (SSSR count). The number of ketones is 1. The summed E-state index contributed by atoms with van der Waals surface area (Å²) < 4.78 is 23.4. The predicted molar refractivity (Wildman–Crippen MR) is 120 cm³/mol. The van der Waals surface area contributed by atoms with Crippen LogP contribution < -0.4 is 5.32 Å². The maximum absolute atomic E-state index is 12.8. The average molecular weight is 442 g/mol. The molecule has 2 heterocycles. The lowest BCUT2D eigenvalue weighted by atomic mass is 10.0. The molecule has 0 spiro atoms. The van der Waals surface area contributed by atoms with E-state index >= 15 is 0 Å². The van der Waals surface area contributed by atoms with Gasteiger partial charge in [0.25, 0.3) is 0 Å². The summed E-state index contributed by atoms with van der Waals surface area (Å²) in [6.07, 6.45) is 0.703. The fourth-order valence-electron chi connectivity index (χ4n) is 4.28. The molecule has 2 aromatic rings. The SMILES string of the molecule is O=C(CN1CCN([C@H]2CCS(=O)(=O)C2)CC1)Nc1ccccc1C(=O)c1ccccc1. The Morgan fingerprint density at radius 1 is 0.935 bits per heavy atom. The van der Waals surface area contributed by atoms with Crippen molar-refractivity contribution in [1.29, 1.82) is 0 Å². The van der Waals surface area contributed by atoms with Gasteiger partial charge in [-0.1, -0.05) is 42.5 Å². The van der Waals surface area contributed by atoms with E-state index in [4.69, 9.17) is 0 Å². The van der Waals surface area contributed by atoms with Gasteiger partial charge in [-0.2, -0.15) is 0 Å². The Balaban J connectivity index is 1.33. The molecule has 1 atom stereocenters. The van der Waals surface area contributed by atoms with Crippen LogP contribution in [0, 0.1) is 0 Å². The zero-order valence-corrected chi connectivity index (χ0v) is 18.2. The lowest BCUT2D eigenvalue weighted by Gasteiger charge is -2.37. The van der Waals surface area contributed by atoms with E-state index in [1.165, 1.54) is 0 Å². The molecule has 0 aromatic heterocycles. The number of benzene rings is 2. The highest BCUT2D eigenvalue weighted by Gasteiger charge is 2.33. The number of hydrogen-bond donors (Lipinski definition) is 1. The molecule has 0 aliphatic carbocycles. The third kappa shape index (κ3) is 5.39. The predicted octanol–water partition coefficient (Wildman–Crippen LogP) is 1.66. The fraction of sp³-hybridized carbons (Fsp3) is 0.391. The van der Waals surface area contributed by atoms with Crippen LogP contribution in [0.15, 0.2) is 54.6 Å². The van der Waals surface area contributed by atoms with Gasteiger partial charge in [0.05, 0.1) is 23.7 Å². The van der Waals surface area contributed by atoms with Crippen LogP contribution in [0.3, 0.4) is 0 Å². The Bertz CT molecular complexity index is 1050. The summed E-state index contributed by atoms with van der Waals surface area (Å²) in [4.78, 5) is 29.8. The number of anilines is 1. The first-order chi connectivity index (χ1) is 14.9. The van der Waals surface area contributed by atoms with E-state index in [-0.39, 0.29) is 35.8 Å². The Hall–Kier alpha value is -2.55. The van der Waals surface area contributed by atoms with E-state index in [9.17, 15) is 18.0 Å². The van der Waals surface area contributed by atoms with Gasteiger partial charge >= 0.3 is 0 Å². The van der Waals surface area contributed by atoms with Crippen LogP contribution >= 0.6 is 0 Å². The molecule has 0 saturated carbocycles. The van der Waals surface area contributed by atoms with Crippen LogP contribution in [0.4, 0.5) is 5.69 Å². The van der Waals surface area contributed by atoms with Crippen molar-refractivity contribution in [3.8, 4) is 0 Å². The number of nitrogens with one attached hydrogen (secondary N) is 1. The maximum Gasteiger partial charge on any atom is 0.238 e. The minimum absolute atomic E-state index is 0.108. The highest BCUT2D eigenvalue weighted by molar-refractivity contribution is 7.91. The van der Waals surface area contributed by atoms with Crippen molar-refractivity contribution >= 4 is 27.2 Å². The van der Waals surface area contributed by atoms with Gasteiger partial charge in [0.1, 0.15) is 0 Å². The number of nitrogens with zero attached hydrogens (tertiary/aromatic N) is 2. The first-order valence-corrected chi connectivity index (χ1v) is 12.4. The van der Waals surface area contributed by atoms with E-state index in [0.29, 0.717) is 36.3 Å². The lowest BCUT2D eigenvalue weighted by molar-refractivity contribution is -0.117. The monoisotopic (exact) mass is 441 g/mol. The number of piperazine rings is 1. The third-order valence-corrected chi connectivity index (χ3v) is 7.73. The molecule has 0 radical (unpaired) electrons. The normalized spacial score (nSPS) is 21.6. The second kappa shape index (κ2) is 9.30. The summed E-state index contributed by atoms with van der Waals surface area (Å²) in [7, 11) is -2.89. The topological polar surface area (TPSA) is 86.8 Å². The molecule has 2 aliphatic rings. The molecule has 2 saturated heterocycles. The van der Waals surface area contributed by atoms with Crippen molar-refractivity contribution in [3.63, 3.8) is 0 Å². The molecule has 1 N–H and O–H groups in total. The summed E-state index contributed by atoms with van der Waals surface area (Å²) >= 11 is 0. The van der Waals surface area contributed by atoms with E-state index in [2.05, 4.69) is 15.1 Å². The second-order valence-electron chi connectivity index (χ2n) is 8.16. The highest BCUT2D eigenvalue weighted by Crippen LogP contribution is 2.21. The highest BCUT2D eigenvalue weighted by atomic mass is 32.2. The van der Waals surface area contributed by atoms with Crippen LogP contribution in [0.5, 0.6) is 0 Å². The Kier molecular flexibility index (Phi) is 6.50. The molecular weight excluding hydrogens is 414 g/mol. The summed E-state index contributed by atoms with van der Waals surface area (Å²) in [5.41, 5.74) is 1.56.